The SMILES string of the molecule is c1ccc(-c2nc(-c3ccccc3)nc(-c3cccc(-c4nc(-c5nccc6c5oc5ccncc56)cc5ccccc45)c3)n2)cc1. The van der Waals surface area contributed by atoms with Crippen LogP contribution in [0.2, 0.25) is 0 Å². The molecular weight excluding hydrogens is 580 g/mol. The third kappa shape index (κ3) is 4.78. The minimum absolute atomic E-state index is 0.585. The van der Waals surface area contributed by atoms with Crippen molar-refractivity contribution < 1.29 is 4.42 Å². The molecule has 0 N–H and O–H groups in total. The first-order chi connectivity index (χ1) is 23.3. The van der Waals surface area contributed by atoms with E-state index in [2.05, 4.69) is 35.3 Å². The second-order valence-electron chi connectivity index (χ2n) is 11.2. The van der Waals surface area contributed by atoms with E-state index in [-0.39, 0.29) is 0 Å². The van der Waals surface area contributed by atoms with Gasteiger partial charge in [0.05, 0.1) is 11.4 Å². The molecule has 0 saturated heterocycles. The summed E-state index contributed by atoms with van der Waals surface area (Å²) in [5, 5.41) is 3.98. The molecule has 0 radical (unpaired) electrons. The summed E-state index contributed by atoms with van der Waals surface area (Å²) in [5.74, 6) is 1.82. The number of aromatic nitrogens is 6. The molecule has 4 aromatic carbocycles. The van der Waals surface area contributed by atoms with Gasteiger partial charge >= 0.3 is 0 Å². The van der Waals surface area contributed by atoms with E-state index in [9.17, 15) is 0 Å². The molecule has 0 bridgehead atoms. The fourth-order valence-electron chi connectivity index (χ4n) is 6.01. The summed E-state index contributed by atoms with van der Waals surface area (Å²) >= 11 is 0. The maximum absolute atomic E-state index is 6.30. The van der Waals surface area contributed by atoms with Gasteiger partial charge in [-0.15, -0.1) is 0 Å². The van der Waals surface area contributed by atoms with E-state index >= 15 is 0 Å². The van der Waals surface area contributed by atoms with E-state index in [1.54, 1.807) is 12.4 Å². The molecule has 0 aliphatic heterocycles. The van der Waals surface area contributed by atoms with Crippen LogP contribution in [0, 0.1) is 0 Å². The van der Waals surface area contributed by atoms with Crippen LogP contribution >= 0.6 is 0 Å². The largest absolute Gasteiger partial charge is 0.454 e. The van der Waals surface area contributed by atoms with Crippen LogP contribution in [0.15, 0.2) is 150 Å². The van der Waals surface area contributed by atoms with Crippen LogP contribution in [0.25, 0.3) is 89.5 Å². The Hall–Kier alpha value is -6.60. The number of pyridine rings is 3. The lowest BCUT2D eigenvalue weighted by Gasteiger charge is -2.12. The molecule has 9 rings (SSSR count). The number of fused-ring (bicyclic) bond motifs is 4. The van der Waals surface area contributed by atoms with Crippen molar-refractivity contribution in [2.24, 2.45) is 0 Å². The van der Waals surface area contributed by atoms with Gasteiger partial charge in [0.25, 0.3) is 0 Å². The van der Waals surface area contributed by atoms with Crippen LogP contribution in [0.3, 0.4) is 0 Å². The molecule has 0 aliphatic rings. The Morgan fingerprint density at radius 3 is 1.87 bits per heavy atom. The van der Waals surface area contributed by atoms with E-state index in [0.29, 0.717) is 28.8 Å². The van der Waals surface area contributed by atoms with Gasteiger partial charge in [0.2, 0.25) is 0 Å². The molecule has 5 heterocycles. The van der Waals surface area contributed by atoms with E-state index < -0.39 is 0 Å². The number of nitrogens with zero attached hydrogens (tertiary/aromatic N) is 6. The molecule has 9 aromatic rings. The van der Waals surface area contributed by atoms with Crippen LogP contribution in [-0.2, 0) is 0 Å². The second kappa shape index (κ2) is 11.1. The van der Waals surface area contributed by atoms with Gasteiger partial charge in [-0.1, -0.05) is 103 Å². The van der Waals surface area contributed by atoms with Gasteiger partial charge < -0.3 is 4.42 Å². The standard InChI is InChI=1S/C40H24N6O/c1-3-10-25(11-4-1)38-44-39(26-12-5-2-6-13-26)46-40(45-38)29-16-9-15-28(22-29)35-30-17-8-7-14-27(30)23-33(43-35)36-37-31(18-21-42-36)32-24-41-20-19-34(32)47-37/h1-24H. The third-order valence-electron chi connectivity index (χ3n) is 8.26. The molecule has 0 unspecified atom stereocenters. The zero-order valence-corrected chi connectivity index (χ0v) is 24.9. The average Bonchev–Trinajstić information content (AvgIpc) is 3.54. The van der Waals surface area contributed by atoms with Gasteiger partial charge in [-0.25, -0.2) is 19.9 Å². The highest BCUT2D eigenvalue weighted by molar-refractivity contribution is 6.08. The van der Waals surface area contributed by atoms with E-state index in [1.165, 1.54) is 0 Å². The topological polar surface area (TPSA) is 90.5 Å². The Morgan fingerprint density at radius 2 is 1.11 bits per heavy atom. The van der Waals surface area contributed by atoms with Crippen molar-refractivity contribution in [1.29, 1.82) is 0 Å². The Balaban J connectivity index is 1.22. The van der Waals surface area contributed by atoms with Gasteiger partial charge in [0, 0.05) is 57.0 Å². The number of rotatable bonds is 5. The third-order valence-corrected chi connectivity index (χ3v) is 8.26. The Bertz CT molecular complexity index is 2520. The van der Waals surface area contributed by atoms with Gasteiger partial charge in [-0.2, -0.15) is 0 Å². The first-order valence-electron chi connectivity index (χ1n) is 15.3. The van der Waals surface area contributed by atoms with Crippen molar-refractivity contribution >= 4 is 32.7 Å². The molecule has 0 atom stereocenters. The highest BCUT2D eigenvalue weighted by Gasteiger charge is 2.18. The minimum Gasteiger partial charge on any atom is -0.454 e. The first-order valence-corrected chi connectivity index (χ1v) is 15.3. The van der Waals surface area contributed by atoms with E-state index in [0.717, 1.165) is 60.8 Å². The minimum atomic E-state index is 0.585. The van der Waals surface area contributed by atoms with Crippen molar-refractivity contribution in [2.75, 3.05) is 0 Å². The molecule has 7 nitrogen and oxygen atoms in total. The van der Waals surface area contributed by atoms with Crippen molar-refractivity contribution in [3.63, 3.8) is 0 Å². The first kappa shape index (κ1) is 26.8. The lowest BCUT2D eigenvalue weighted by Crippen LogP contribution is -2.00. The predicted molar refractivity (Wildman–Crippen MR) is 185 cm³/mol. The summed E-state index contributed by atoms with van der Waals surface area (Å²) in [5.41, 5.74) is 7.33. The van der Waals surface area contributed by atoms with Crippen molar-refractivity contribution in [3.05, 3.63) is 146 Å². The lowest BCUT2D eigenvalue weighted by atomic mass is 10.00. The van der Waals surface area contributed by atoms with Crippen molar-refractivity contribution in [2.45, 2.75) is 0 Å². The van der Waals surface area contributed by atoms with Crippen LogP contribution in [0.4, 0.5) is 0 Å². The molecule has 0 aliphatic carbocycles. The zero-order valence-electron chi connectivity index (χ0n) is 24.9. The number of furan rings is 1. The molecule has 0 fully saturated rings. The maximum atomic E-state index is 6.30. The second-order valence-corrected chi connectivity index (χ2v) is 11.2. The monoisotopic (exact) mass is 604 g/mol. The van der Waals surface area contributed by atoms with Gasteiger partial charge in [0.1, 0.15) is 11.3 Å². The number of benzene rings is 4. The lowest BCUT2D eigenvalue weighted by molar-refractivity contribution is 0.667. The quantitative estimate of drug-likeness (QED) is 0.193. The molecule has 7 heteroatoms. The summed E-state index contributed by atoms with van der Waals surface area (Å²) in [4.78, 5) is 29.0. The van der Waals surface area contributed by atoms with Crippen molar-refractivity contribution in [3.8, 4) is 56.8 Å². The molecular formula is C40H24N6O. The van der Waals surface area contributed by atoms with E-state index in [4.69, 9.17) is 29.3 Å². The summed E-state index contributed by atoms with van der Waals surface area (Å²) in [6.07, 6.45) is 5.35. The Labute approximate surface area is 269 Å². The fourth-order valence-corrected chi connectivity index (χ4v) is 6.01. The summed E-state index contributed by atoms with van der Waals surface area (Å²) < 4.78 is 6.30. The van der Waals surface area contributed by atoms with Gasteiger partial charge in [0.15, 0.2) is 23.1 Å². The fraction of sp³-hybridized carbons (Fsp3) is 0. The normalized spacial score (nSPS) is 11.4. The summed E-state index contributed by atoms with van der Waals surface area (Å²) in [6, 6.07) is 42.4. The van der Waals surface area contributed by atoms with Gasteiger partial charge in [-0.05, 0) is 29.7 Å². The van der Waals surface area contributed by atoms with Crippen LogP contribution < -0.4 is 0 Å². The summed E-state index contributed by atoms with van der Waals surface area (Å²) in [7, 11) is 0. The molecule has 0 amide bonds. The smallest absolute Gasteiger partial charge is 0.164 e. The molecule has 0 spiro atoms. The summed E-state index contributed by atoms with van der Waals surface area (Å²) in [6.45, 7) is 0. The highest BCUT2D eigenvalue weighted by Crippen LogP contribution is 2.37. The van der Waals surface area contributed by atoms with Gasteiger partial charge in [-0.3, -0.25) is 9.97 Å². The zero-order chi connectivity index (χ0) is 31.2. The molecule has 5 aromatic heterocycles. The Morgan fingerprint density at radius 1 is 0.447 bits per heavy atom. The Kier molecular flexibility index (Phi) is 6.31. The number of hydrogen-bond donors (Lipinski definition) is 0. The van der Waals surface area contributed by atoms with E-state index in [1.807, 2.05) is 103 Å². The van der Waals surface area contributed by atoms with Crippen LogP contribution in [0.1, 0.15) is 0 Å². The van der Waals surface area contributed by atoms with Crippen LogP contribution in [-0.4, -0.2) is 29.9 Å². The molecule has 220 valence electrons. The number of hydrogen-bond acceptors (Lipinski definition) is 7. The average molecular weight is 605 g/mol. The maximum Gasteiger partial charge on any atom is 0.164 e. The predicted octanol–water partition coefficient (Wildman–Crippen LogP) is 9.44. The molecule has 0 saturated carbocycles. The van der Waals surface area contributed by atoms with Crippen LogP contribution in [0.5, 0.6) is 0 Å². The highest BCUT2D eigenvalue weighted by atomic mass is 16.3. The van der Waals surface area contributed by atoms with Crippen molar-refractivity contribution in [1.82, 2.24) is 29.9 Å². The molecule has 47 heavy (non-hydrogen) atoms.